The molecule has 3 N–H and O–H groups in total. The number of hydrogen-bond donors (Lipinski definition) is 3. The molecule has 1 saturated carbocycles. The van der Waals surface area contributed by atoms with Gasteiger partial charge < -0.3 is 15.7 Å². The van der Waals surface area contributed by atoms with Crippen molar-refractivity contribution < 1.29 is 9.90 Å². The number of nitrogens with one attached hydrogen (secondary N) is 2. The van der Waals surface area contributed by atoms with Gasteiger partial charge in [0.25, 0.3) is 0 Å². The number of benzene rings is 1. The van der Waals surface area contributed by atoms with Crippen LogP contribution >= 0.6 is 0 Å². The van der Waals surface area contributed by atoms with E-state index in [1.807, 2.05) is 12.1 Å². The predicted molar refractivity (Wildman–Crippen MR) is 81.7 cm³/mol. The van der Waals surface area contributed by atoms with Crippen molar-refractivity contribution in [3.05, 3.63) is 35.4 Å². The van der Waals surface area contributed by atoms with Gasteiger partial charge in [-0.2, -0.15) is 0 Å². The Labute approximate surface area is 125 Å². The van der Waals surface area contributed by atoms with Crippen LogP contribution in [0, 0.1) is 11.8 Å². The van der Waals surface area contributed by atoms with E-state index < -0.39 is 0 Å². The van der Waals surface area contributed by atoms with E-state index in [9.17, 15) is 9.90 Å². The van der Waals surface area contributed by atoms with E-state index in [2.05, 4.69) is 22.8 Å². The molecule has 2 unspecified atom stereocenters. The number of rotatable bonds is 4. The van der Waals surface area contributed by atoms with Crippen molar-refractivity contribution in [2.75, 3.05) is 13.2 Å². The van der Waals surface area contributed by atoms with Gasteiger partial charge >= 0.3 is 0 Å². The van der Waals surface area contributed by atoms with Gasteiger partial charge in [-0.25, -0.2) is 0 Å². The first-order chi connectivity index (χ1) is 10.3. The summed E-state index contributed by atoms with van der Waals surface area (Å²) in [5, 5.41) is 15.7. The van der Waals surface area contributed by atoms with Crippen molar-refractivity contribution in [2.45, 2.75) is 38.3 Å². The summed E-state index contributed by atoms with van der Waals surface area (Å²) in [6.07, 6.45) is 4.13. The highest BCUT2D eigenvalue weighted by Gasteiger charge is 2.28. The Balaban J connectivity index is 1.52. The van der Waals surface area contributed by atoms with Crippen molar-refractivity contribution in [1.29, 1.82) is 0 Å². The third-order valence-corrected chi connectivity index (χ3v) is 4.99. The van der Waals surface area contributed by atoms with Gasteiger partial charge in [-0.15, -0.1) is 0 Å². The normalized spacial score (nSPS) is 28.1. The van der Waals surface area contributed by atoms with Gasteiger partial charge in [-0.05, 0) is 42.2 Å². The Hall–Kier alpha value is -1.39. The Kier molecular flexibility index (Phi) is 4.56. The Morgan fingerprint density at radius 2 is 2.00 bits per heavy atom. The molecule has 0 aromatic heterocycles. The fourth-order valence-corrected chi connectivity index (χ4v) is 3.62. The van der Waals surface area contributed by atoms with Gasteiger partial charge in [0, 0.05) is 19.7 Å². The highest BCUT2D eigenvalue weighted by atomic mass is 16.3. The first kappa shape index (κ1) is 14.5. The lowest BCUT2D eigenvalue weighted by Crippen LogP contribution is -2.48. The summed E-state index contributed by atoms with van der Waals surface area (Å²) in [7, 11) is 0. The molecule has 4 nitrogen and oxygen atoms in total. The minimum absolute atomic E-state index is 0.0908. The average molecular weight is 288 g/mol. The van der Waals surface area contributed by atoms with E-state index in [0.717, 1.165) is 25.8 Å². The first-order valence-electron chi connectivity index (χ1n) is 7.96. The number of aliphatic hydroxyl groups is 1. The van der Waals surface area contributed by atoms with E-state index in [1.165, 1.54) is 17.5 Å². The lowest BCUT2D eigenvalue weighted by Gasteiger charge is -2.26. The molecular weight excluding hydrogens is 264 g/mol. The summed E-state index contributed by atoms with van der Waals surface area (Å²) in [5.41, 5.74) is 2.56. The molecule has 114 valence electrons. The zero-order chi connectivity index (χ0) is 14.7. The number of carbonyl (C=O) groups excluding carboxylic acids is 1. The lowest BCUT2D eigenvalue weighted by atomic mass is 9.94. The van der Waals surface area contributed by atoms with Crippen LogP contribution in [0.15, 0.2) is 24.3 Å². The number of aliphatic hydroxyl groups excluding tert-OH is 1. The smallest absolute Gasteiger partial charge is 0.237 e. The molecule has 0 spiro atoms. The van der Waals surface area contributed by atoms with Crippen molar-refractivity contribution in [2.24, 2.45) is 11.8 Å². The zero-order valence-corrected chi connectivity index (χ0v) is 12.3. The fraction of sp³-hybridized carbons (Fsp3) is 0.588. The largest absolute Gasteiger partial charge is 0.396 e. The molecule has 1 aromatic rings. The third kappa shape index (κ3) is 3.27. The summed E-state index contributed by atoms with van der Waals surface area (Å²) in [6, 6.07) is 8.16. The van der Waals surface area contributed by atoms with E-state index >= 15 is 0 Å². The van der Waals surface area contributed by atoms with Gasteiger partial charge in [0.2, 0.25) is 5.91 Å². The SMILES string of the molecule is O=C(NCC1CCCC1CO)[C@H]1Cc2ccccc2CN1. The van der Waals surface area contributed by atoms with Crippen LogP contribution in [0.2, 0.25) is 0 Å². The summed E-state index contributed by atoms with van der Waals surface area (Å²) in [4.78, 5) is 12.3. The number of amides is 1. The maximum atomic E-state index is 12.3. The van der Waals surface area contributed by atoms with Crippen LogP contribution in [-0.2, 0) is 17.8 Å². The van der Waals surface area contributed by atoms with Gasteiger partial charge in [0.1, 0.15) is 0 Å². The van der Waals surface area contributed by atoms with Gasteiger partial charge in [-0.3, -0.25) is 4.79 Å². The van der Waals surface area contributed by atoms with Crippen molar-refractivity contribution in [3.63, 3.8) is 0 Å². The van der Waals surface area contributed by atoms with Gasteiger partial charge in [0.05, 0.1) is 6.04 Å². The summed E-state index contributed by atoms with van der Waals surface area (Å²) in [6.45, 7) is 1.70. The van der Waals surface area contributed by atoms with Crippen LogP contribution in [0.3, 0.4) is 0 Å². The fourth-order valence-electron chi connectivity index (χ4n) is 3.62. The molecule has 1 fully saturated rings. The highest BCUT2D eigenvalue weighted by Crippen LogP contribution is 2.30. The minimum Gasteiger partial charge on any atom is -0.396 e. The molecule has 1 aliphatic carbocycles. The molecule has 0 radical (unpaired) electrons. The zero-order valence-electron chi connectivity index (χ0n) is 12.3. The number of carbonyl (C=O) groups is 1. The third-order valence-electron chi connectivity index (χ3n) is 4.99. The molecule has 1 aliphatic heterocycles. The summed E-state index contributed by atoms with van der Waals surface area (Å²) < 4.78 is 0. The Morgan fingerprint density at radius 3 is 2.81 bits per heavy atom. The summed E-state index contributed by atoms with van der Waals surface area (Å²) in [5.74, 6) is 0.897. The number of hydrogen-bond acceptors (Lipinski definition) is 3. The Bertz CT molecular complexity index is 503. The average Bonchev–Trinajstić information content (AvgIpc) is 2.99. The predicted octanol–water partition coefficient (Wildman–Crippen LogP) is 1.23. The molecule has 2 aliphatic rings. The molecule has 21 heavy (non-hydrogen) atoms. The molecule has 4 heteroatoms. The summed E-state index contributed by atoms with van der Waals surface area (Å²) >= 11 is 0. The van der Waals surface area contributed by atoms with Crippen molar-refractivity contribution in [3.8, 4) is 0 Å². The van der Waals surface area contributed by atoms with Gasteiger partial charge in [0.15, 0.2) is 0 Å². The maximum absolute atomic E-state index is 12.3. The van der Waals surface area contributed by atoms with Crippen LogP contribution in [-0.4, -0.2) is 30.2 Å². The second-order valence-electron chi connectivity index (χ2n) is 6.29. The standard InChI is InChI=1S/C17H24N2O2/c20-11-15-7-3-6-14(15)10-19-17(21)16-8-12-4-1-2-5-13(12)9-18-16/h1-2,4-5,14-16,18,20H,3,6-11H2,(H,19,21)/t14?,15?,16-/m1/s1. The monoisotopic (exact) mass is 288 g/mol. The second-order valence-corrected chi connectivity index (χ2v) is 6.29. The van der Waals surface area contributed by atoms with Crippen molar-refractivity contribution >= 4 is 5.91 Å². The molecule has 1 amide bonds. The van der Waals surface area contributed by atoms with Gasteiger partial charge in [-0.1, -0.05) is 30.7 Å². The van der Waals surface area contributed by atoms with Crippen LogP contribution in [0.5, 0.6) is 0 Å². The lowest BCUT2D eigenvalue weighted by molar-refractivity contribution is -0.123. The van der Waals surface area contributed by atoms with E-state index in [-0.39, 0.29) is 18.6 Å². The van der Waals surface area contributed by atoms with E-state index in [1.54, 1.807) is 0 Å². The van der Waals surface area contributed by atoms with Crippen LogP contribution < -0.4 is 10.6 Å². The van der Waals surface area contributed by atoms with Crippen LogP contribution in [0.25, 0.3) is 0 Å². The molecule has 1 aromatic carbocycles. The quantitative estimate of drug-likeness (QED) is 0.781. The maximum Gasteiger partial charge on any atom is 0.237 e. The first-order valence-corrected chi connectivity index (χ1v) is 7.96. The Morgan fingerprint density at radius 1 is 1.24 bits per heavy atom. The molecule has 0 saturated heterocycles. The van der Waals surface area contributed by atoms with Crippen LogP contribution in [0.1, 0.15) is 30.4 Å². The second kappa shape index (κ2) is 6.58. The molecule has 3 atom stereocenters. The minimum atomic E-state index is -0.131. The highest BCUT2D eigenvalue weighted by molar-refractivity contribution is 5.82. The number of fused-ring (bicyclic) bond motifs is 1. The van der Waals surface area contributed by atoms with E-state index in [4.69, 9.17) is 0 Å². The van der Waals surface area contributed by atoms with E-state index in [0.29, 0.717) is 18.4 Å². The topological polar surface area (TPSA) is 61.4 Å². The van der Waals surface area contributed by atoms with Crippen LogP contribution in [0.4, 0.5) is 0 Å². The molecule has 3 rings (SSSR count). The molecule has 0 bridgehead atoms. The molecular formula is C17H24N2O2. The van der Waals surface area contributed by atoms with Crippen molar-refractivity contribution in [1.82, 2.24) is 10.6 Å². The molecule has 1 heterocycles.